The van der Waals surface area contributed by atoms with Gasteiger partial charge in [0.15, 0.2) is 11.5 Å². The third kappa shape index (κ3) is 4.17. The lowest BCUT2D eigenvalue weighted by molar-refractivity contribution is -0.140. The number of unbranched alkanes of at least 4 members (excludes halogenated alkanes) is 1. The number of fused-ring (bicyclic) bond motifs is 1. The van der Waals surface area contributed by atoms with E-state index < -0.39 is 0 Å². The van der Waals surface area contributed by atoms with Crippen LogP contribution in [-0.2, 0) is 9.53 Å². The van der Waals surface area contributed by atoms with Gasteiger partial charge in [0.25, 0.3) is 5.91 Å². The van der Waals surface area contributed by atoms with Crippen molar-refractivity contribution in [2.24, 2.45) is 0 Å². The Morgan fingerprint density at radius 2 is 2.10 bits per heavy atom. The van der Waals surface area contributed by atoms with Crippen LogP contribution in [0.4, 0.5) is 0 Å². The van der Waals surface area contributed by atoms with E-state index in [9.17, 15) is 9.59 Å². The molecule has 4 rings (SSSR count). The van der Waals surface area contributed by atoms with Crippen LogP contribution in [0, 0.1) is 6.92 Å². The van der Waals surface area contributed by atoms with Crippen molar-refractivity contribution in [3.8, 4) is 5.82 Å². The highest BCUT2D eigenvalue weighted by atomic mass is 16.5. The van der Waals surface area contributed by atoms with Crippen molar-refractivity contribution in [3.63, 3.8) is 0 Å². The van der Waals surface area contributed by atoms with Crippen LogP contribution in [0.15, 0.2) is 30.5 Å². The SMILES string of the molecule is COC(=O)CCCCNC(=O)c1cc(C2CC2)nc2c1c(C)nn2-c1ccccn1. The Kier molecular flexibility index (Phi) is 5.74. The number of hydrogen-bond donors (Lipinski definition) is 1. The highest BCUT2D eigenvalue weighted by molar-refractivity contribution is 6.06. The van der Waals surface area contributed by atoms with E-state index in [4.69, 9.17) is 4.98 Å². The van der Waals surface area contributed by atoms with E-state index in [0.29, 0.717) is 48.8 Å². The number of carbonyl (C=O) groups is 2. The second-order valence-electron chi connectivity index (χ2n) is 7.54. The Morgan fingerprint density at radius 3 is 2.80 bits per heavy atom. The summed E-state index contributed by atoms with van der Waals surface area (Å²) in [5, 5.41) is 8.34. The zero-order chi connectivity index (χ0) is 21.1. The number of aryl methyl sites for hydroxylation is 1. The van der Waals surface area contributed by atoms with E-state index in [1.807, 2.05) is 31.2 Å². The molecule has 0 radical (unpaired) electrons. The van der Waals surface area contributed by atoms with Crippen LogP contribution in [0.5, 0.6) is 0 Å². The first kappa shape index (κ1) is 20.0. The van der Waals surface area contributed by atoms with E-state index >= 15 is 0 Å². The zero-order valence-corrected chi connectivity index (χ0v) is 17.2. The molecule has 0 aliphatic heterocycles. The summed E-state index contributed by atoms with van der Waals surface area (Å²) in [7, 11) is 1.38. The number of pyridine rings is 2. The predicted octanol–water partition coefficient (Wildman–Crippen LogP) is 3.07. The van der Waals surface area contributed by atoms with Gasteiger partial charge in [0.05, 0.1) is 23.8 Å². The number of aromatic nitrogens is 4. The molecule has 1 N–H and O–H groups in total. The lowest BCUT2D eigenvalue weighted by Gasteiger charge is -2.09. The molecule has 0 saturated heterocycles. The average Bonchev–Trinajstić information content (AvgIpc) is 3.57. The Bertz CT molecular complexity index is 1070. The van der Waals surface area contributed by atoms with Crippen LogP contribution in [-0.4, -0.2) is 45.3 Å². The highest BCUT2D eigenvalue weighted by Gasteiger charge is 2.29. The monoisotopic (exact) mass is 407 g/mol. The van der Waals surface area contributed by atoms with Crippen LogP contribution < -0.4 is 5.32 Å². The number of nitrogens with zero attached hydrogens (tertiary/aromatic N) is 4. The molecule has 1 fully saturated rings. The van der Waals surface area contributed by atoms with Gasteiger partial charge >= 0.3 is 5.97 Å². The topological polar surface area (TPSA) is 99.0 Å². The molecule has 1 saturated carbocycles. The lowest BCUT2D eigenvalue weighted by atomic mass is 10.1. The normalized spacial score (nSPS) is 13.4. The maximum Gasteiger partial charge on any atom is 0.305 e. The second kappa shape index (κ2) is 8.61. The summed E-state index contributed by atoms with van der Waals surface area (Å²) in [6.45, 7) is 2.37. The third-order valence-electron chi connectivity index (χ3n) is 5.26. The minimum absolute atomic E-state index is 0.147. The van der Waals surface area contributed by atoms with Crippen LogP contribution in [0.25, 0.3) is 16.9 Å². The van der Waals surface area contributed by atoms with Crippen molar-refractivity contribution < 1.29 is 14.3 Å². The standard InChI is InChI=1S/C22H25N5O3/c1-14-20-16(22(29)24-12-6-4-8-19(28)30-2)13-17(15-9-10-15)25-21(20)27(26-14)18-7-3-5-11-23-18/h3,5,7,11,13,15H,4,6,8-10,12H2,1-2H3,(H,24,29). The number of rotatable bonds is 8. The molecular weight excluding hydrogens is 382 g/mol. The first-order valence-corrected chi connectivity index (χ1v) is 10.2. The zero-order valence-electron chi connectivity index (χ0n) is 17.2. The Hall–Kier alpha value is -3.29. The van der Waals surface area contributed by atoms with E-state index in [2.05, 4.69) is 20.1 Å². The fourth-order valence-corrected chi connectivity index (χ4v) is 3.51. The Morgan fingerprint density at radius 1 is 1.27 bits per heavy atom. The number of carbonyl (C=O) groups excluding carboxylic acids is 2. The minimum Gasteiger partial charge on any atom is -0.469 e. The quantitative estimate of drug-likeness (QED) is 0.455. The summed E-state index contributed by atoms with van der Waals surface area (Å²) < 4.78 is 6.35. The van der Waals surface area contributed by atoms with Crippen molar-refractivity contribution in [2.45, 2.75) is 44.9 Å². The average molecular weight is 407 g/mol. The molecule has 0 atom stereocenters. The van der Waals surface area contributed by atoms with Gasteiger partial charge in [0.1, 0.15) is 0 Å². The molecule has 0 unspecified atom stereocenters. The molecule has 1 amide bonds. The van der Waals surface area contributed by atoms with E-state index in [0.717, 1.165) is 29.6 Å². The number of amides is 1. The molecule has 1 aliphatic carbocycles. The van der Waals surface area contributed by atoms with Crippen LogP contribution in [0.1, 0.15) is 59.8 Å². The maximum absolute atomic E-state index is 13.0. The maximum atomic E-state index is 13.0. The summed E-state index contributed by atoms with van der Waals surface area (Å²) >= 11 is 0. The van der Waals surface area contributed by atoms with Gasteiger partial charge in [0, 0.05) is 30.8 Å². The lowest BCUT2D eigenvalue weighted by Crippen LogP contribution is -2.25. The fourth-order valence-electron chi connectivity index (χ4n) is 3.51. The van der Waals surface area contributed by atoms with Gasteiger partial charge in [-0.15, -0.1) is 0 Å². The summed E-state index contributed by atoms with van der Waals surface area (Å²) in [6, 6.07) is 7.53. The largest absolute Gasteiger partial charge is 0.469 e. The van der Waals surface area contributed by atoms with Crippen molar-refractivity contribution >= 4 is 22.9 Å². The molecule has 156 valence electrons. The molecule has 0 spiro atoms. The van der Waals surface area contributed by atoms with Gasteiger partial charge in [-0.25, -0.2) is 9.97 Å². The van der Waals surface area contributed by atoms with Crippen LogP contribution in [0.2, 0.25) is 0 Å². The molecule has 8 heteroatoms. The van der Waals surface area contributed by atoms with Gasteiger partial charge in [-0.05, 0) is 50.8 Å². The first-order chi connectivity index (χ1) is 14.6. The molecule has 3 heterocycles. The van der Waals surface area contributed by atoms with Crippen LogP contribution in [0.3, 0.4) is 0 Å². The van der Waals surface area contributed by atoms with Gasteiger partial charge in [-0.3, -0.25) is 9.59 Å². The molecule has 3 aromatic heterocycles. The number of esters is 1. The number of hydrogen-bond acceptors (Lipinski definition) is 6. The molecule has 30 heavy (non-hydrogen) atoms. The summed E-state index contributed by atoms with van der Waals surface area (Å²) in [6.07, 6.45) is 5.62. The Balaban J connectivity index is 1.61. The Labute approximate surface area is 174 Å². The van der Waals surface area contributed by atoms with Gasteiger partial charge in [0.2, 0.25) is 0 Å². The van der Waals surface area contributed by atoms with Gasteiger partial charge < -0.3 is 10.1 Å². The smallest absolute Gasteiger partial charge is 0.305 e. The summed E-state index contributed by atoms with van der Waals surface area (Å²) in [4.78, 5) is 33.5. The van der Waals surface area contributed by atoms with Crippen molar-refractivity contribution in [1.29, 1.82) is 0 Å². The fraction of sp³-hybridized carbons (Fsp3) is 0.409. The molecule has 8 nitrogen and oxygen atoms in total. The second-order valence-corrected chi connectivity index (χ2v) is 7.54. The van der Waals surface area contributed by atoms with Gasteiger partial charge in [-0.2, -0.15) is 9.78 Å². The number of ether oxygens (including phenoxy) is 1. The molecular formula is C22H25N5O3. The molecule has 3 aromatic rings. The number of methoxy groups -OCH3 is 1. The summed E-state index contributed by atoms with van der Waals surface area (Å²) in [5.74, 6) is 0.688. The van der Waals surface area contributed by atoms with E-state index in [-0.39, 0.29) is 11.9 Å². The van der Waals surface area contributed by atoms with Crippen molar-refractivity contribution in [1.82, 2.24) is 25.1 Å². The first-order valence-electron chi connectivity index (χ1n) is 10.2. The van der Waals surface area contributed by atoms with E-state index in [1.165, 1.54) is 7.11 Å². The predicted molar refractivity (Wildman–Crippen MR) is 112 cm³/mol. The number of nitrogens with one attached hydrogen (secondary N) is 1. The van der Waals surface area contributed by atoms with Crippen molar-refractivity contribution in [3.05, 3.63) is 47.4 Å². The minimum atomic E-state index is -0.233. The van der Waals surface area contributed by atoms with Crippen LogP contribution >= 0.6 is 0 Å². The molecule has 0 bridgehead atoms. The van der Waals surface area contributed by atoms with E-state index in [1.54, 1.807) is 10.9 Å². The third-order valence-corrected chi connectivity index (χ3v) is 5.26. The summed E-state index contributed by atoms with van der Waals surface area (Å²) in [5.41, 5.74) is 2.91. The molecule has 1 aliphatic rings. The highest BCUT2D eigenvalue weighted by Crippen LogP contribution is 2.40. The van der Waals surface area contributed by atoms with Gasteiger partial charge in [-0.1, -0.05) is 6.07 Å². The van der Waals surface area contributed by atoms with Crippen molar-refractivity contribution in [2.75, 3.05) is 13.7 Å². The molecule has 0 aromatic carbocycles.